The number of benzene rings is 2. The Balaban J connectivity index is 1.59. The van der Waals surface area contributed by atoms with Gasteiger partial charge in [-0.1, -0.05) is 0 Å². The van der Waals surface area contributed by atoms with Gasteiger partial charge in [0.1, 0.15) is 11.5 Å². The molecule has 0 aliphatic carbocycles. The van der Waals surface area contributed by atoms with Crippen molar-refractivity contribution in [2.45, 2.75) is 22.9 Å². The molecule has 168 valence electrons. The van der Waals surface area contributed by atoms with E-state index in [1.54, 1.807) is 0 Å². The minimum Gasteiger partial charge on any atom is -0.508 e. The summed E-state index contributed by atoms with van der Waals surface area (Å²) in [6.45, 7) is 6.34. The average molecular weight is 449 g/mol. The molecule has 8 nitrogen and oxygen atoms in total. The first-order valence-electron chi connectivity index (χ1n) is 10.4. The van der Waals surface area contributed by atoms with Gasteiger partial charge in [-0.15, -0.1) is 0 Å². The van der Waals surface area contributed by atoms with Crippen LogP contribution in [0.25, 0.3) is 0 Å². The third kappa shape index (κ3) is 5.19. The Morgan fingerprint density at radius 3 is 1.48 bits per heavy atom. The van der Waals surface area contributed by atoms with Crippen LogP contribution in [-0.4, -0.2) is 81.0 Å². The van der Waals surface area contributed by atoms with Crippen LogP contribution in [0.1, 0.15) is 11.1 Å². The van der Waals surface area contributed by atoms with E-state index in [1.165, 1.54) is 36.4 Å². The highest BCUT2D eigenvalue weighted by molar-refractivity contribution is 7.91. The van der Waals surface area contributed by atoms with Gasteiger partial charge in [-0.25, -0.2) is 8.42 Å². The van der Waals surface area contributed by atoms with E-state index in [1.807, 2.05) is 0 Å². The van der Waals surface area contributed by atoms with E-state index in [2.05, 4.69) is 9.80 Å². The summed E-state index contributed by atoms with van der Waals surface area (Å²) in [6.07, 6.45) is 0. The fraction of sp³-hybridized carbons (Fsp3) is 0.455. The normalized spacial score (nSPS) is 18.8. The lowest BCUT2D eigenvalue weighted by Crippen LogP contribution is -2.35. The van der Waals surface area contributed by atoms with Crippen LogP contribution in [0.4, 0.5) is 0 Å². The highest BCUT2D eigenvalue weighted by atomic mass is 32.2. The zero-order chi connectivity index (χ0) is 21.8. The predicted molar refractivity (Wildman–Crippen MR) is 114 cm³/mol. The molecule has 4 rings (SSSR count). The number of aromatic hydroxyl groups is 2. The van der Waals surface area contributed by atoms with Gasteiger partial charge in [-0.05, 0) is 36.4 Å². The van der Waals surface area contributed by atoms with Crippen LogP contribution in [0.3, 0.4) is 0 Å². The summed E-state index contributed by atoms with van der Waals surface area (Å²) >= 11 is 0. The first kappa shape index (κ1) is 22.0. The van der Waals surface area contributed by atoms with E-state index in [0.717, 1.165) is 26.2 Å². The Morgan fingerprint density at radius 1 is 0.710 bits per heavy atom. The Morgan fingerprint density at radius 2 is 1.10 bits per heavy atom. The van der Waals surface area contributed by atoms with E-state index in [4.69, 9.17) is 9.47 Å². The van der Waals surface area contributed by atoms with Crippen LogP contribution in [0.15, 0.2) is 46.2 Å². The lowest BCUT2D eigenvalue weighted by molar-refractivity contribution is 0.0338. The number of hydrogen-bond acceptors (Lipinski definition) is 8. The van der Waals surface area contributed by atoms with Crippen LogP contribution in [0, 0.1) is 0 Å². The summed E-state index contributed by atoms with van der Waals surface area (Å²) in [5.74, 6) is 0.147. The van der Waals surface area contributed by atoms with Crippen molar-refractivity contribution in [2.75, 3.05) is 52.6 Å². The molecule has 2 N–H and O–H groups in total. The zero-order valence-corrected chi connectivity index (χ0v) is 18.2. The van der Waals surface area contributed by atoms with E-state index in [0.29, 0.717) is 50.6 Å². The molecule has 0 saturated carbocycles. The lowest BCUT2D eigenvalue weighted by atomic mass is 10.2. The molecule has 31 heavy (non-hydrogen) atoms. The molecule has 0 radical (unpaired) electrons. The SMILES string of the molecule is O=S(=O)(c1ccc(O)c(CN2CCOCC2)c1)c1ccc(O)c(CN2CCOCC2)c1. The second kappa shape index (κ2) is 9.54. The van der Waals surface area contributed by atoms with Crippen LogP contribution in [-0.2, 0) is 32.4 Å². The number of ether oxygens (including phenoxy) is 2. The van der Waals surface area contributed by atoms with Gasteiger partial charge in [0.2, 0.25) is 9.84 Å². The fourth-order valence-electron chi connectivity index (χ4n) is 3.85. The van der Waals surface area contributed by atoms with Gasteiger partial charge in [-0.2, -0.15) is 0 Å². The largest absolute Gasteiger partial charge is 0.508 e. The summed E-state index contributed by atoms with van der Waals surface area (Å²) in [5, 5.41) is 20.5. The molecular formula is C22H28N2O6S. The topological polar surface area (TPSA) is 99.5 Å². The van der Waals surface area contributed by atoms with Crippen molar-refractivity contribution in [3.63, 3.8) is 0 Å². The Labute approximate surface area is 182 Å². The summed E-state index contributed by atoms with van der Waals surface area (Å²) in [4.78, 5) is 4.49. The molecule has 2 saturated heterocycles. The molecule has 2 heterocycles. The predicted octanol–water partition coefficient (Wildman–Crippen LogP) is 1.59. The standard InChI is InChI=1S/C22H28N2O6S/c25-21-3-1-19(13-17(21)15-23-5-9-29-10-6-23)31(27,28)20-2-4-22(26)18(14-20)16-24-7-11-30-12-8-24/h1-4,13-14,25-26H,5-12,15-16H2. The monoisotopic (exact) mass is 448 g/mol. The molecule has 0 amide bonds. The van der Waals surface area contributed by atoms with Crippen molar-refractivity contribution in [2.24, 2.45) is 0 Å². The molecule has 0 bridgehead atoms. The van der Waals surface area contributed by atoms with Crippen molar-refractivity contribution < 1.29 is 28.1 Å². The maximum atomic E-state index is 13.3. The van der Waals surface area contributed by atoms with E-state index in [-0.39, 0.29) is 21.3 Å². The molecule has 0 unspecified atom stereocenters. The van der Waals surface area contributed by atoms with Crippen molar-refractivity contribution in [3.05, 3.63) is 47.5 Å². The van der Waals surface area contributed by atoms with Gasteiger partial charge in [0.15, 0.2) is 0 Å². The van der Waals surface area contributed by atoms with E-state index in [9.17, 15) is 18.6 Å². The van der Waals surface area contributed by atoms with Crippen LogP contribution >= 0.6 is 0 Å². The number of nitrogens with zero attached hydrogens (tertiary/aromatic N) is 2. The maximum Gasteiger partial charge on any atom is 0.206 e. The highest BCUT2D eigenvalue weighted by Crippen LogP contribution is 2.30. The van der Waals surface area contributed by atoms with Gasteiger partial charge in [0.25, 0.3) is 0 Å². The molecule has 0 aromatic heterocycles. The molecule has 2 fully saturated rings. The van der Waals surface area contributed by atoms with Gasteiger partial charge >= 0.3 is 0 Å². The second-order valence-corrected chi connectivity index (χ2v) is 9.81. The quantitative estimate of drug-likeness (QED) is 0.688. The van der Waals surface area contributed by atoms with Gasteiger partial charge < -0.3 is 19.7 Å². The Kier molecular flexibility index (Phi) is 6.78. The summed E-state index contributed by atoms with van der Waals surface area (Å²) < 4.78 is 37.3. The fourth-order valence-corrected chi connectivity index (χ4v) is 5.21. The van der Waals surface area contributed by atoms with Gasteiger partial charge in [0.05, 0.1) is 36.2 Å². The molecule has 2 aromatic carbocycles. The number of morpholine rings is 2. The maximum absolute atomic E-state index is 13.3. The number of rotatable bonds is 6. The van der Waals surface area contributed by atoms with Crippen molar-refractivity contribution >= 4 is 9.84 Å². The third-order valence-corrected chi connectivity index (χ3v) is 7.47. The number of phenols is 2. The van der Waals surface area contributed by atoms with Crippen LogP contribution in [0.5, 0.6) is 11.5 Å². The van der Waals surface area contributed by atoms with Crippen LogP contribution in [0.2, 0.25) is 0 Å². The lowest BCUT2D eigenvalue weighted by Gasteiger charge is -2.27. The molecule has 0 atom stereocenters. The summed E-state index contributed by atoms with van der Waals surface area (Å²) in [6, 6.07) is 8.77. The Hall–Kier alpha value is -2.17. The Bertz CT molecular complexity index is 939. The first-order valence-corrected chi connectivity index (χ1v) is 11.9. The minimum atomic E-state index is -3.81. The highest BCUT2D eigenvalue weighted by Gasteiger charge is 2.22. The molecular weight excluding hydrogens is 420 g/mol. The zero-order valence-electron chi connectivity index (χ0n) is 17.4. The smallest absolute Gasteiger partial charge is 0.206 e. The number of hydrogen-bond donors (Lipinski definition) is 2. The molecule has 2 aliphatic heterocycles. The average Bonchev–Trinajstić information content (AvgIpc) is 2.78. The number of phenolic OH excluding ortho intramolecular Hbond substituents is 2. The molecule has 9 heteroatoms. The van der Waals surface area contributed by atoms with Gasteiger partial charge in [0, 0.05) is 50.4 Å². The number of sulfone groups is 1. The van der Waals surface area contributed by atoms with E-state index < -0.39 is 9.84 Å². The summed E-state index contributed by atoms with van der Waals surface area (Å²) in [7, 11) is -3.81. The van der Waals surface area contributed by atoms with Crippen molar-refractivity contribution in [1.29, 1.82) is 0 Å². The van der Waals surface area contributed by atoms with Crippen LogP contribution < -0.4 is 0 Å². The summed E-state index contributed by atoms with van der Waals surface area (Å²) in [5.41, 5.74) is 1.13. The molecule has 2 aliphatic rings. The third-order valence-electron chi connectivity index (χ3n) is 5.72. The molecule has 2 aromatic rings. The molecule has 0 spiro atoms. The van der Waals surface area contributed by atoms with Crippen molar-refractivity contribution in [1.82, 2.24) is 9.80 Å². The second-order valence-electron chi connectivity index (χ2n) is 7.86. The van der Waals surface area contributed by atoms with Crippen molar-refractivity contribution in [3.8, 4) is 11.5 Å². The minimum absolute atomic E-state index is 0.0733. The first-order chi connectivity index (χ1) is 14.9. The van der Waals surface area contributed by atoms with Gasteiger partial charge in [-0.3, -0.25) is 9.80 Å². The van der Waals surface area contributed by atoms with E-state index >= 15 is 0 Å².